The lowest BCUT2D eigenvalue weighted by Crippen LogP contribution is -2.40. The highest BCUT2D eigenvalue weighted by Crippen LogP contribution is 2.21. The molecule has 5 nitrogen and oxygen atoms in total. The SMILES string of the molecule is O=C(O)[C@H]1CCCN1C(=O)c1cc2ccccn2c1. The molecule has 0 aliphatic carbocycles. The van der Waals surface area contributed by atoms with Crippen LogP contribution in [0.3, 0.4) is 0 Å². The number of carboxylic acids is 1. The zero-order valence-electron chi connectivity index (χ0n) is 10.3. The average molecular weight is 258 g/mol. The van der Waals surface area contributed by atoms with E-state index in [0.717, 1.165) is 11.9 Å². The number of pyridine rings is 1. The Morgan fingerprint density at radius 3 is 2.89 bits per heavy atom. The Balaban J connectivity index is 1.93. The predicted molar refractivity (Wildman–Crippen MR) is 69.1 cm³/mol. The Kier molecular flexibility index (Phi) is 2.74. The summed E-state index contributed by atoms with van der Waals surface area (Å²) in [5, 5.41) is 9.12. The molecule has 0 radical (unpaired) electrons. The van der Waals surface area contributed by atoms with Crippen molar-refractivity contribution < 1.29 is 14.7 Å². The van der Waals surface area contributed by atoms with Crippen molar-refractivity contribution in [2.24, 2.45) is 0 Å². The van der Waals surface area contributed by atoms with E-state index in [1.54, 1.807) is 12.3 Å². The van der Waals surface area contributed by atoms with Gasteiger partial charge in [-0.05, 0) is 31.0 Å². The van der Waals surface area contributed by atoms with E-state index in [2.05, 4.69) is 0 Å². The Morgan fingerprint density at radius 2 is 2.16 bits per heavy atom. The highest BCUT2D eigenvalue weighted by molar-refractivity contribution is 5.98. The number of amides is 1. The van der Waals surface area contributed by atoms with E-state index >= 15 is 0 Å². The highest BCUT2D eigenvalue weighted by atomic mass is 16.4. The Morgan fingerprint density at radius 1 is 1.32 bits per heavy atom. The van der Waals surface area contributed by atoms with E-state index in [0.29, 0.717) is 18.5 Å². The molecule has 0 bridgehead atoms. The van der Waals surface area contributed by atoms with E-state index in [-0.39, 0.29) is 5.91 Å². The minimum absolute atomic E-state index is 0.200. The first kappa shape index (κ1) is 11.8. The van der Waals surface area contributed by atoms with Crippen LogP contribution in [0.5, 0.6) is 0 Å². The fraction of sp³-hybridized carbons (Fsp3) is 0.286. The van der Waals surface area contributed by atoms with Crippen LogP contribution in [-0.2, 0) is 4.79 Å². The quantitative estimate of drug-likeness (QED) is 0.890. The van der Waals surface area contributed by atoms with Crippen LogP contribution < -0.4 is 0 Å². The molecule has 2 aromatic heterocycles. The highest BCUT2D eigenvalue weighted by Gasteiger charge is 2.34. The first-order valence-electron chi connectivity index (χ1n) is 6.27. The van der Waals surface area contributed by atoms with Crippen molar-refractivity contribution in [3.05, 3.63) is 42.2 Å². The lowest BCUT2D eigenvalue weighted by molar-refractivity contribution is -0.141. The standard InChI is InChI=1S/C14H14N2O3/c17-13(16-7-3-5-12(16)14(18)19)10-8-11-4-1-2-6-15(11)9-10/h1-2,4,6,8-9,12H,3,5,7H2,(H,18,19)/t12-/m1/s1. The number of nitrogens with zero attached hydrogens (tertiary/aromatic N) is 2. The number of hydrogen-bond donors (Lipinski definition) is 1. The summed E-state index contributed by atoms with van der Waals surface area (Å²) in [7, 11) is 0. The second-order valence-corrected chi connectivity index (χ2v) is 4.76. The maximum absolute atomic E-state index is 12.4. The molecule has 1 amide bonds. The predicted octanol–water partition coefficient (Wildman–Crippen LogP) is 1.63. The van der Waals surface area contributed by atoms with Gasteiger partial charge in [-0.3, -0.25) is 4.79 Å². The number of fused-ring (bicyclic) bond motifs is 1. The summed E-state index contributed by atoms with van der Waals surface area (Å²) >= 11 is 0. The number of rotatable bonds is 2. The fourth-order valence-electron chi connectivity index (χ4n) is 2.60. The van der Waals surface area contributed by atoms with E-state index in [9.17, 15) is 9.59 Å². The van der Waals surface area contributed by atoms with Crippen LogP contribution >= 0.6 is 0 Å². The number of carbonyl (C=O) groups is 2. The third kappa shape index (κ3) is 1.97. The molecule has 3 heterocycles. The topological polar surface area (TPSA) is 62.0 Å². The van der Waals surface area contributed by atoms with Crippen molar-refractivity contribution in [3.8, 4) is 0 Å². The van der Waals surface area contributed by atoms with Crippen LogP contribution in [0.15, 0.2) is 36.7 Å². The minimum atomic E-state index is -0.922. The number of carbonyl (C=O) groups excluding carboxylic acids is 1. The van der Waals surface area contributed by atoms with Gasteiger partial charge in [-0.2, -0.15) is 0 Å². The minimum Gasteiger partial charge on any atom is -0.480 e. The lowest BCUT2D eigenvalue weighted by atomic mass is 10.2. The maximum atomic E-state index is 12.4. The van der Waals surface area contributed by atoms with E-state index < -0.39 is 12.0 Å². The Labute approximate surface area is 110 Å². The van der Waals surface area contributed by atoms with Crippen molar-refractivity contribution in [1.29, 1.82) is 0 Å². The molecule has 1 atom stereocenters. The molecule has 2 aromatic rings. The normalized spacial score (nSPS) is 18.9. The van der Waals surface area contributed by atoms with Gasteiger partial charge in [0.1, 0.15) is 6.04 Å². The van der Waals surface area contributed by atoms with Crippen molar-refractivity contribution in [2.75, 3.05) is 6.54 Å². The van der Waals surface area contributed by atoms with Crippen molar-refractivity contribution >= 4 is 17.4 Å². The van der Waals surface area contributed by atoms with Gasteiger partial charge in [0.05, 0.1) is 5.56 Å². The number of aromatic nitrogens is 1. The first-order valence-corrected chi connectivity index (χ1v) is 6.27. The second-order valence-electron chi connectivity index (χ2n) is 4.76. The third-order valence-electron chi connectivity index (χ3n) is 3.55. The molecule has 0 spiro atoms. The van der Waals surface area contributed by atoms with Crippen LogP contribution in [-0.4, -0.2) is 38.9 Å². The van der Waals surface area contributed by atoms with Crippen molar-refractivity contribution in [3.63, 3.8) is 0 Å². The van der Waals surface area contributed by atoms with Gasteiger partial charge < -0.3 is 14.4 Å². The number of aliphatic carboxylic acids is 1. The molecule has 19 heavy (non-hydrogen) atoms. The molecular weight excluding hydrogens is 244 g/mol. The molecule has 0 saturated carbocycles. The maximum Gasteiger partial charge on any atom is 0.326 e. The summed E-state index contributed by atoms with van der Waals surface area (Å²) in [4.78, 5) is 25.0. The molecule has 0 unspecified atom stereocenters. The molecule has 1 aliphatic rings. The van der Waals surface area contributed by atoms with Crippen molar-refractivity contribution in [2.45, 2.75) is 18.9 Å². The zero-order valence-corrected chi connectivity index (χ0v) is 10.3. The van der Waals surface area contributed by atoms with Gasteiger partial charge in [0, 0.05) is 24.5 Å². The Hall–Kier alpha value is -2.30. The van der Waals surface area contributed by atoms with E-state index in [4.69, 9.17) is 5.11 Å². The molecular formula is C14H14N2O3. The third-order valence-corrected chi connectivity index (χ3v) is 3.55. The summed E-state index contributed by atoms with van der Waals surface area (Å²) in [5.41, 5.74) is 1.47. The smallest absolute Gasteiger partial charge is 0.326 e. The summed E-state index contributed by atoms with van der Waals surface area (Å²) in [5.74, 6) is -1.12. The first-order chi connectivity index (χ1) is 9.16. The molecule has 1 saturated heterocycles. The summed E-state index contributed by atoms with van der Waals surface area (Å²) in [6, 6.07) is 6.81. The lowest BCUT2D eigenvalue weighted by Gasteiger charge is -2.20. The molecule has 0 aromatic carbocycles. The molecule has 5 heteroatoms. The van der Waals surface area contributed by atoms with E-state index in [1.165, 1.54) is 4.90 Å². The molecule has 3 rings (SSSR count). The molecule has 1 aliphatic heterocycles. The zero-order chi connectivity index (χ0) is 13.4. The van der Waals surface area contributed by atoms with Gasteiger partial charge in [-0.1, -0.05) is 6.07 Å². The van der Waals surface area contributed by atoms with E-state index in [1.807, 2.05) is 28.8 Å². The monoisotopic (exact) mass is 258 g/mol. The van der Waals surface area contributed by atoms with Gasteiger partial charge >= 0.3 is 5.97 Å². The van der Waals surface area contributed by atoms with Gasteiger partial charge in [0.25, 0.3) is 5.91 Å². The van der Waals surface area contributed by atoms with Gasteiger partial charge in [0.15, 0.2) is 0 Å². The van der Waals surface area contributed by atoms with Gasteiger partial charge in [-0.15, -0.1) is 0 Å². The van der Waals surface area contributed by atoms with Crippen LogP contribution in [0.1, 0.15) is 23.2 Å². The van der Waals surface area contributed by atoms with Crippen molar-refractivity contribution in [1.82, 2.24) is 9.30 Å². The largest absolute Gasteiger partial charge is 0.480 e. The number of likely N-dealkylation sites (tertiary alicyclic amines) is 1. The average Bonchev–Trinajstić information content (AvgIpc) is 3.04. The second kappa shape index (κ2) is 4.42. The molecule has 1 N–H and O–H groups in total. The molecule has 98 valence electrons. The van der Waals surface area contributed by atoms with Crippen LogP contribution in [0, 0.1) is 0 Å². The summed E-state index contributed by atoms with van der Waals surface area (Å²) in [6.45, 7) is 0.516. The number of carboxylic acid groups (broad SMARTS) is 1. The van der Waals surface area contributed by atoms with Gasteiger partial charge in [-0.25, -0.2) is 4.79 Å². The fourth-order valence-corrected chi connectivity index (χ4v) is 2.60. The van der Waals surface area contributed by atoms with Gasteiger partial charge in [0.2, 0.25) is 0 Å². The van der Waals surface area contributed by atoms with Crippen LogP contribution in [0.25, 0.3) is 5.52 Å². The van der Waals surface area contributed by atoms with Crippen LogP contribution in [0.2, 0.25) is 0 Å². The van der Waals surface area contributed by atoms with Crippen LogP contribution in [0.4, 0.5) is 0 Å². The summed E-state index contributed by atoms with van der Waals surface area (Å²) in [6.07, 6.45) is 4.89. The number of hydrogen-bond acceptors (Lipinski definition) is 2. The molecule has 1 fully saturated rings. The summed E-state index contributed by atoms with van der Waals surface area (Å²) < 4.78 is 1.86. The Bertz CT molecular complexity index is 614.